The average molecular weight is 251 g/mol. The first-order valence-corrected chi connectivity index (χ1v) is 6.55. The van der Waals surface area contributed by atoms with E-state index in [1.165, 1.54) is 0 Å². The molecular weight excluding hydrogens is 238 g/mol. The summed E-state index contributed by atoms with van der Waals surface area (Å²) in [5.74, 6) is -0.823. The lowest BCUT2D eigenvalue weighted by Crippen LogP contribution is -2.25. The van der Waals surface area contributed by atoms with Gasteiger partial charge in [-0.05, 0) is 24.1 Å². The Bertz CT molecular complexity index is 462. The van der Waals surface area contributed by atoms with Crippen LogP contribution in [0.4, 0.5) is 0 Å². The van der Waals surface area contributed by atoms with Crippen LogP contribution in [0.5, 0.6) is 0 Å². The summed E-state index contributed by atoms with van der Waals surface area (Å²) in [6.45, 7) is 1.70. The highest BCUT2D eigenvalue weighted by atomic mass is 32.2. The van der Waals surface area contributed by atoms with Crippen molar-refractivity contribution >= 4 is 16.8 Å². The Morgan fingerprint density at radius 1 is 1.47 bits per heavy atom. The summed E-state index contributed by atoms with van der Waals surface area (Å²) in [7, 11) is -1.43. The SMILES string of the molecule is CCC(C(=O)O)S(=O)Cc1ccc(C#N)cc1. The standard InChI is InChI=1S/C12H13NO3S/c1-2-11(12(14)15)17(16)8-10-5-3-9(7-13)4-6-10/h3-6,11H,2,8H2,1H3,(H,14,15). The van der Waals surface area contributed by atoms with Gasteiger partial charge in [-0.15, -0.1) is 0 Å². The second-order valence-electron chi connectivity index (χ2n) is 3.57. The van der Waals surface area contributed by atoms with Crippen LogP contribution in [0.25, 0.3) is 0 Å². The maximum atomic E-state index is 11.8. The molecule has 0 aliphatic carbocycles. The van der Waals surface area contributed by atoms with Gasteiger partial charge in [-0.25, -0.2) is 0 Å². The minimum Gasteiger partial charge on any atom is -0.480 e. The molecule has 0 saturated heterocycles. The Hall–Kier alpha value is -1.67. The van der Waals surface area contributed by atoms with Crippen LogP contribution in [-0.2, 0) is 21.3 Å². The van der Waals surface area contributed by atoms with E-state index in [1.54, 1.807) is 31.2 Å². The van der Waals surface area contributed by atoms with Gasteiger partial charge in [0.25, 0.3) is 0 Å². The van der Waals surface area contributed by atoms with Crippen molar-refractivity contribution in [3.8, 4) is 6.07 Å². The molecule has 2 unspecified atom stereocenters. The molecule has 5 heteroatoms. The van der Waals surface area contributed by atoms with Gasteiger partial charge in [0, 0.05) is 16.6 Å². The molecule has 4 nitrogen and oxygen atoms in total. The third-order valence-corrected chi connectivity index (χ3v) is 4.14. The Balaban J connectivity index is 2.74. The number of benzene rings is 1. The summed E-state index contributed by atoms with van der Waals surface area (Å²) in [6, 6.07) is 8.65. The lowest BCUT2D eigenvalue weighted by atomic mass is 10.2. The molecule has 0 fully saturated rings. The fourth-order valence-corrected chi connectivity index (χ4v) is 2.73. The first-order chi connectivity index (χ1) is 8.08. The van der Waals surface area contributed by atoms with E-state index in [9.17, 15) is 9.00 Å². The monoisotopic (exact) mass is 251 g/mol. The first kappa shape index (κ1) is 13.4. The van der Waals surface area contributed by atoms with E-state index < -0.39 is 22.0 Å². The number of nitriles is 1. The predicted octanol–water partition coefficient (Wildman–Crippen LogP) is 1.67. The molecule has 0 aliphatic rings. The molecule has 0 saturated carbocycles. The van der Waals surface area contributed by atoms with Gasteiger partial charge in [-0.3, -0.25) is 9.00 Å². The van der Waals surface area contributed by atoms with Crippen LogP contribution in [0.2, 0.25) is 0 Å². The van der Waals surface area contributed by atoms with Gasteiger partial charge in [0.2, 0.25) is 0 Å². The van der Waals surface area contributed by atoms with E-state index in [1.807, 2.05) is 6.07 Å². The van der Waals surface area contributed by atoms with Crippen LogP contribution >= 0.6 is 0 Å². The number of hydrogen-bond acceptors (Lipinski definition) is 3. The number of aliphatic carboxylic acids is 1. The topological polar surface area (TPSA) is 78.2 Å². The lowest BCUT2D eigenvalue weighted by Gasteiger charge is -2.09. The molecule has 0 bridgehead atoms. The van der Waals surface area contributed by atoms with Crippen LogP contribution < -0.4 is 0 Å². The fourth-order valence-electron chi connectivity index (χ4n) is 1.41. The van der Waals surface area contributed by atoms with Crippen LogP contribution in [0.3, 0.4) is 0 Å². The highest BCUT2D eigenvalue weighted by molar-refractivity contribution is 7.85. The summed E-state index contributed by atoms with van der Waals surface area (Å²) in [6.07, 6.45) is 0.345. The maximum absolute atomic E-state index is 11.8. The third-order valence-electron chi connectivity index (χ3n) is 2.36. The third kappa shape index (κ3) is 3.68. The number of nitrogens with zero attached hydrogens (tertiary/aromatic N) is 1. The predicted molar refractivity (Wildman–Crippen MR) is 64.7 cm³/mol. The molecule has 0 radical (unpaired) electrons. The molecule has 0 aromatic heterocycles. The molecule has 1 aromatic rings. The number of carbonyl (C=O) groups is 1. The van der Waals surface area contributed by atoms with Crippen molar-refractivity contribution < 1.29 is 14.1 Å². The van der Waals surface area contributed by atoms with Crippen molar-refractivity contribution in [1.29, 1.82) is 5.26 Å². The Kier molecular flexibility index (Phi) is 4.85. The van der Waals surface area contributed by atoms with Gasteiger partial charge in [0.15, 0.2) is 0 Å². The second-order valence-corrected chi connectivity index (χ2v) is 5.19. The molecule has 0 spiro atoms. The normalized spacial score (nSPS) is 13.6. The Labute approximate surface area is 102 Å². The second kappa shape index (κ2) is 6.16. The van der Waals surface area contributed by atoms with Crippen molar-refractivity contribution in [1.82, 2.24) is 0 Å². The van der Waals surface area contributed by atoms with E-state index in [0.717, 1.165) is 5.56 Å². The van der Waals surface area contributed by atoms with Gasteiger partial charge in [0.05, 0.1) is 11.6 Å². The van der Waals surface area contributed by atoms with Crippen molar-refractivity contribution in [2.75, 3.05) is 0 Å². The highest BCUT2D eigenvalue weighted by Crippen LogP contribution is 2.11. The van der Waals surface area contributed by atoms with Crippen LogP contribution in [0.15, 0.2) is 24.3 Å². The average Bonchev–Trinajstić information content (AvgIpc) is 2.30. The Morgan fingerprint density at radius 3 is 2.47 bits per heavy atom. The molecule has 0 heterocycles. The van der Waals surface area contributed by atoms with Gasteiger partial charge in [-0.2, -0.15) is 5.26 Å². The molecule has 1 aromatic carbocycles. The molecule has 2 atom stereocenters. The molecular formula is C12H13NO3S. The van der Waals surface area contributed by atoms with Crippen LogP contribution in [0.1, 0.15) is 24.5 Å². The van der Waals surface area contributed by atoms with E-state index >= 15 is 0 Å². The van der Waals surface area contributed by atoms with Gasteiger partial charge in [0.1, 0.15) is 5.25 Å². The summed E-state index contributed by atoms with van der Waals surface area (Å²) in [4.78, 5) is 10.8. The van der Waals surface area contributed by atoms with Crippen LogP contribution in [-0.4, -0.2) is 20.5 Å². The van der Waals surface area contributed by atoms with E-state index in [0.29, 0.717) is 12.0 Å². The van der Waals surface area contributed by atoms with Crippen molar-refractivity contribution in [3.05, 3.63) is 35.4 Å². The lowest BCUT2D eigenvalue weighted by molar-refractivity contribution is -0.136. The number of hydrogen-bond donors (Lipinski definition) is 1. The summed E-state index contributed by atoms with van der Waals surface area (Å²) >= 11 is 0. The summed E-state index contributed by atoms with van der Waals surface area (Å²) in [5.41, 5.74) is 1.31. The van der Waals surface area contributed by atoms with Gasteiger partial charge < -0.3 is 5.11 Å². The zero-order valence-electron chi connectivity index (χ0n) is 9.42. The van der Waals surface area contributed by atoms with Gasteiger partial charge in [-0.1, -0.05) is 19.1 Å². The molecule has 17 heavy (non-hydrogen) atoms. The molecule has 0 amide bonds. The number of carboxylic acids is 1. The molecule has 90 valence electrons. The quantitative estimate of drug-likeness (QED) is 0.863. The first-order valence-electron chi connectivity index (χ1n) is 5.17. The van der Waals surface area contributed by atoms with E-state index in [4.69, 9.17) is 10.4 Å². The highest BCUT2D eigenvalue weighted by Gasteiger charge is 2.22. The fraction of sp³-hybridized carbons (Fsp3) is 0.333. The number of carboxylic acid groups (broad SMARTS) is 1. The number of rotatable bonds is 5. The zero-order chi connectivity index (χ0) is 12.8. The van der Waals surface area contributed by atoms with Crippen LogP contribution in [0, 0.1) is 11.3 Å². The molecule has 1 rings (SSSR count). The summed E-state index contributed by atoms with van der Waals surface area (Å²) < 4.78 is 11.8. The maximum Gasteiger partial charge on any atom is 0.319 e. The van der Waals surface area contributed by atoms with E-state index in [2.05, 4.69) is 0 Å². The minimum atomic E-state index is -1.43. The van der Waals surface area contributed by atoms with Gasteiger partial charge >= 0.3 is 5.97 Å². The Morgan fingerprint density at radius 2 is 2.06 bits per heavy atom. The molecule has 0 aliphatic heterocycles. The van der Waals surface area contributed by atoms with E-state index in [-0.39, 0.29) is 5.75 Å². The smallest absolute Gasteiger partial charge is 0.319 e. The zero-order valence-corrected chi connectivity index (χ0v) is 10.2. The van der Waals surface area contributed by atoms with Crippen molar-refractivity contribution in [2.45, 2.75) is 24.3 Å². The molecule has 1 N–H and O–H groups in total. The van der Waals surface area contributed by atoms with Crippen molar-refractivity contribution in [2.24, 2.45) is 0 Å². The van der Waals surface area contributed by atoms with Crippen molar-refractivity contribution in [3.63, 3.8) is 0 Å². The minimum absolute atomic E-state index is 0.205. The largest absolute Gasteiger partial charge is 0.480 e. The summed E-state index contributed by atoms with van der Waals surface area (Å²) in [5, 5.41) is 16.7.